The van der Waals surface area contributed by atoms with E-state index in [2.05, 4.69) is 15.5 Å². The number of nitrogens with zero attached hydrogens (tertiary/aromatic N) is 2. The van der Waals surface area contributed by atoms with E-state index in [9.17, 15) is 9.59 Å². The van der Waals surface area contributed by atoms with Gasteiger partial charge in [-0.05, 0) is 48.7 Å². The maximum absolute atomic E-state index is 11.7. The molecule has 1 fully saturated rings. The van der Waals surface area contributed by atoms with Gasteiger partial charge in [-0.25, -0.2) is 0 Å². The van der Waals surface area contributed by atoms with Gasteiger partial charge in [0, 0.05) is 0 Å². The highest BCUT2D eigenvalue weighted by Crippen LogP contribution is 2.29. The molecule has 3 rings (SSSR count). The minimum atomic E-state index is -1.04. The zero-order valence-electron chi connectivity index (χ0n) is 17.2. The van der Waals surface area contributed by atoms with Crippen LogP contribution in [0.3, 0.4) is 0 Å². The number of rotatable bonds is 9. The number of ether oxygens (including phenoxy) is 2. The molecule has 8 nitrogen and oxygen atoms in total. The van der Waals surface area contributed by atoms with Crippen molar-refractivity contribution >= 4 is 35.0 Å². The number of amides is 1. The van der Waals surface area contributed by atoms with Crippen LogP contribution in [0.15, 0.2) is 52.7 Å². The van der Waals surface area contributed by atoms with Crippen molar-refractivity contribution in [2.45, 2.75) is 32.1 Å². The number of hydrogen-bond acceptors (Lipinski definition) is 7. The molecule has 1 saturated heterocycles. The van der Waals surface area contributed by atoms with Crippen molar-refractivity contribution in [1.82, 2.24) is 5.32 Å². The molecule has 0 bridgehead atoms. The van der Waals surface area contributed by atoms with Crippen molar-refractivity contribution in [2.24, 2.45) is 10.2 Å². The van der Waals surface area contributed by atoms with E-state index in [-0.39, 0.29) is 17.5 Å². The van der Waals surface area contributed by atoms with Gasteiger partial charge in [-0.3, -0.25) is 9.59 Å². The summed E-state index contributed by atoms with van der Waals surface area (Å²) in [5, 5.41) is 18.9. The Balaban J connectivity index is 1.67. The Kier molecular flexibility index (Phi) is 7.66. The van der Waals surface area contributed by atoms with Gasteiger partial charge in [0.25, 0.3) is 0 Å². The zero-order valence-corrected chi connectivity index (χ0v) is 18.0. The standard InChI is InChI=1S/C22H23N3O5S/c1-3-29-18-10-15(8-9-17(18)30-13-16-7-5-4-6-14(16)2)12-23-25-22-24-21(28)19(31-22)11-20(26)27/h4-10,12,19H,3,11,13H2,1-2H3,(H,26,27)(H,24,25,28). The maximum Gasteiger partial charge on any atom is 0.305 e. The Morgan fingerprint density at radius 3 is 2.77 bits per heavy atom. The summed E-state index contributed by atoms with van der Waals surface area (Å²) in [6.07, 6.45) is 1.26. The average Bonchev–Trinajstić information content (AvgIpc) is 3.07. The average molecular weight is 442 g/mol. The van der Waals surface area contributed by atoms with E-state index in [0.29, 0.717) is 24.7 Å². The molecule has 1 aliphatic heterocycles. The normalized spacial score (nSPS) is 17.2. The molecule has 0 saturated carbocycles. The molecule has 1 amide bonds. The Morgan fingerprint density at radius 2 is 2.03 bits per heavy atom. The summed E-state index contributed by atoms with van der Waals surface area (Å²) in [7, 11) is 0. The van der Waals surface area contributed by atoms with Gasteiger partial charge in [0.2, 0.25) is 5.91 Å². The SMILES string of the molecule is CCOc1cc(C=NN=C2NC(=O)C(CC(=O)O)S2)ccc1OCc1ccccc1C. The van der Waals surface area contributed by atoms with Crippen molar-refractivity contribution in [3.8, 4) is 11.5 Å². The molecule has 2 aromatic rings. The molecule has 0 aromatic heterocycles. The van der Waals surface area contributed by atoms with Gasteiger partial charge in [0.1, 0.15) is 11.9 Å². The summed E-state index contributed by atoms with van der Waals surface area (Å²) in [6, 6.07) is 13.5. The fourth-order valence-corrected chi connectivity index (χ4v) is 3.73. The smallest absolute Gasteiger partial charge is 0.305 e. The van der Waals surface area contributed by atoms with Crippen molar-refractivity contribution in [3.05, 3.63) is 59.2 Å². The summed E-state index contributed by atoms with van der Waals surface area (Å²) in [6.45, 7) is 4.85. The first-order valence-electron chi connectivity index (χ1n) is 9.70. The molecular formula is C22H23N3O5S. The van der Waals surface area contributed by atoms with Crippen LogP contribution in [0.1, 0.15) is 30.0 Å². The topological polar surface area (TPSA) is 110 Å². The van der Waals surface area contributed by atoms with E-state index < -0.39 is 11.2 Å². The molecule has 2 N–H and O–H groups in total. The number of thioether (sulfide) groups is 1. The van der Waals surface area contributed by atoms with E-state index in [0.717, 1.165) is 28.5 Å². The lowest BCUT2D eigenvalue weighted by molar-refractivity contribution is -0.138. The second-order valence-electron chi connectivity index (χ2n) is 6.70. The van der Waals surface area contributed by atoms with Crippen LogP contribution in [-0.4, -0.2) is 40.2 Å². The number of nitrogens with one attached hydrogen (secondary N) is 1. The van der Waals surface area contributed by atoms with Gasteiger partial charge in [-0.15, -0.1) is 5.10 Å². The number of benzene rings is 2. The number of carbonyl (C=O) groups is 2. The molecule has 9 heteroatoms. The van der Waals surface area contributed by atoms with Gasteiger partial charge in [0.15, 0.2) is 16.7 Å². The fraction of sp³-hybridized carbons (Fsp3) is 0.273. The van der Waals surface area contributed by atoms with Crippen LogP contribution in [0.25, 0.3) is 0 Å². The molecule has 0 aliphatic carbocycles. The van der Waals surface area contributed by atoms with Gasteiger partial charge < -0.3 is 19.9 Å². The molecule has 1 aliphatic rings. The largest absolute Gasteiger partial charge is 0.490 e. The minimum Gasteiger partial charge on any atom is -0.490 e. The summed E-state index contributed by atoms with van der Waals surface area (Å²) in [5.41, 5.74) is 3.00. The molecular weight excluding hydrogens is 418 g/mol. The molecule has 162 valence electrons. The highest BCUT2D eigenvalue weighted by molar-refractivity contribution is 8.15. The lowest BCUT2D eigenvalue weighted by Gasteiger charge is -2.13. The van der Waals surface area contributed by atoms with E-state index in [4.69, 9.17) is 14.6 Å². The molecule has 2 aromatic carbocycles. The highest BCUT2D eigenvalue weighted by atomic mass is 32.2. The Hall–Kier alpha value is -3.33. The fourth-order valence-electron chi connectivity index (χ4n) is 2.81. The van der Waals surface area contributed by atoms with Crippen LogP contribution in [0, 0.1) is 6.92 Å². The zero-order chi connectivity index (χ0) is 22.2. The first-order valence-corrected chi connectivity index (χ1v) is 10.6. The van der Waals surface area contributed by atoms with Gasteiger partial charge in [0.05, 0.1) is 19.2 Å². The van der Waals surface area contributed by atoms with Gasteiger partial charge in [-0.2, -0.15) is 5.10 Å². The van der Waals surface area contributed by atoms with E-state index >= 15 is 0 Å². The molecule has 0 radical (unpaired) electrons. The first kappa shape index (κ1) is 22.4. The first-order chi connectivity index (χ1) is 15.0. The Labute approximate surface area is 184 Å². The second-order valence-corrected chi connectivity index (χ2v) is 7.89. The molecule has 0 spiro atoms. The number of aliphatic carboxylic acids is 1. The number of carboxylic acids is 1. The van der Waals surface area contributed by atoms with E-state index in [1.165, 1.54) is 6.21 Å². The highest BCUT2D eigenvalue weighted by Gasteiger charge is 2.32. The number of carbonyl (C=O) groups excluding carboxylic acids is 1. The van der Waals surface area contributed by atoms with Crippen molar-refractivity contribution < 1.29 is 24.2 Å². The molecule has 1 heterocycles. The second kappa shape index (κ2) is 10.6. The summed E-state index contributed by atoms with van der Waals surface area (Å²) in [5.74, 6) is -0.192. The van der Waals surface area contributed by atoms with E-state index in [1.807, 2.05) is 50.2 Å². The summed E-state index contributed by atoms with van der Waals surface area (Å²) in [4.78, 5) is 22.5. The quantitative estimate of drug-likeness (QED) is 0.456. The lowest BCUT2D eigenvalue weighted by atomic mass is 10.1. The van der Waals surface area contributed by atoms with Crippen molar-refractivity contribution in [3.63, 3.8) is 0 Å². The Bertz CT molecular complexity index is 1020. The Morgan fingerprint density at radius 1 is 1.23 bits per heavy atom. The van der Waals surface area contributed by atoms with Crippen LogP contribution in [0.2, 0.25) is 0 Å². The number of amidine groups is 1. The summed E-state index contributed by atoms with van der Waals surface area (Å²) >= 11 is 1.05. The predicted molar refractivity (Wildman–Crippen MR) is 120 cm³/mol. The van der Waals surface area contributed by atoms with Gasteiger partial charge in [-0.1, -0.05) is 36.0 Å². The van der Waals surface area contributed by atoms with Crippen LogP contribution < -0.4 is 14.8 Å². The van der Waals surface area contributed by atoms with Crippen LogP contribution in [-0.2, 0) is 16.2 Å². The van der Waals surface area contributed by atoms with Crippen molar-refractivity contribution in [1.29, 1.82) is 0 Å². The molecule has 1 atom stereocenters. The monoisotopic (exact) mass is 441 g/mol. The van der Waals surface area contributed by atoms with Crippen molar-refractivity contribution in [2.75, 3.05) is 6.61 Å². The summed E-state index contributed by atoms with van der Waals surface area (Å²) < 4.78 is 11.7. The molecule has 31 heavy (non-hydrogen) atoms. The minimum absolute atomic E-state index is 0.263. The van der Waals surface area contributed by atoms with E-state index in [1.54, 1.807) is 6.07 Å². The third-order valence-corrected chi connectivity index (χ3v) is 5.48. The molecule has 1 unspecified atom stereocenters. The van der Waals surface area contributed by atoms with Crippen LogP contribution in [0.5, 0.6) is 11.5 Å². The third-order valence-electron chi connectivity index (χ3n) is 4.40. The van der Waals surface area contributed by atoms with Gasteiger partial charge >= 0.3 is 5.97 Å². The number of hydrogen-bond donors (Lipinski definition) is 2. The van der Waals surface area contributed by atoms with Crippen LogP contribution in [0.4, 0.5) is 0 Å². The number of aryl methyl sites for hydroxylation is 1. The lowest BCUT2D eigenvalue weighted by Crippen LogP contribution is -2.26. The predicted octanol–water partition coefficient (Wildman–Crippen LogP) is 3.37. The van der Waals surface area contributed by atoms with Crippen LogP contribution >= 0.6 is 11.8 Å². The third kappa shape index (κ3) is 6.32. The maximum atomic E-state index is 11.7. The number of carboxylic acid groups (broad SMARTS) is 1.